The highest BCUT2D eigenvalue weighted by molar-refractivity contribution is 6.02. The Morgan fingerprint density at radius 1 is 0.970 bits per heavy atom. The Labute approximate surface area is 189 Å². The topological polar surface area (TPSA) is 144 Å². The first kappa shape index (κ1) is 23.3. The van der Waals surface area contributed by atoms with Crippen molar-refractivity contribution in [1.29, 1.82) is 0 Å². The maximum absolute atomic E-state index is 12.8. The molecule has 178 valence electrons. The van der Waals surface area contributed by atoms with Crippen LogP contribution in [-0.4, -0.2) is 77.7 Å². The van der Waals surface area contributed by atoms with Crippen molar-refractivity contribution in [1.82, 2.24) is 0 Å². The second-order valence-electron chi connectivity index (χ2n) is 7.82. The predicted molar refractivity (Wildman–Crippen MR) is 113 cm³/mol. The minimum absolute atomic E-state index is 0.114. The van der Waals surface area contributed by atoms with E-state index in [4.69, 9.17) is 23.7 Å². The van der Waals surface area contributed by atoms with Crippen molar-refractivity contribution < 1.29 is 48.9 Å². The summed E-state index contributed by atoms with van der Waals surface area (Å²) in [6.45, 7) is -0.548. The number of rotatable bonds is 6. The molecule has 2 aromatic carbocycles. The summed E-state index contributed by atoms with van der Waals surface area (Å²) < 4.78 is 27.6. The van der Waals surface area contributed by atoms with E-state index in [0.29, 0.717) is 28.6 Å². The van der Waals surface area contributed by atoms with Gasteiger partial charge in [-0.3, -0.25) is 4.79 Å². The van der Waals surface area contributed by atoms with E-state index >= 15 is 0 Å². The highest BCUT2D eigenvalue weighted by atomic mass is 16.7. The molecule has 4 N–H and O–H groups in total. The summed E-state index contributed by atoms with van der Waals surface area (Å²) in [5.74, 6) is 1.45. The minimum atomic E-state index is -1.53. The van der Waals surface area contributed by atoms with Crippen LogP contribution in [0.5, 0.6) is 23.0 Å². The molecule has 0 aliphatic carbocycles. The number of carbonyl (C=O) groups excluding carboxylic acids is 1. The number of benzene rings is 2. The van der Waals surface area contributed by atoms with Gasteiger partial charge >= 0.3 is 0 Å². The molecule has 6 atom stereocenters. The Kier molecular flexibility index (Phi) is 6.73. The van der Waals surface area contributed by atoms with Crippen LogP contribution < -0.4 is 18.9 Å². The first-order valence-electron chi connectivity index (χ1n) is 10.4. The second-order valence-corrected chi connectivity index (χ2v) is 7.82. The average molecular weight is 462 g/mol. The number of ether oxygens (including phenoxy) is 5. The highest BCUT2D eigenvalue weighted by Crippen LogP contribution is 2.42. The molecule has 2 heterocycles. The fourth-order valence-corrected chi connectivity index (χ4v) is 3.92. The molecule has 10 nitrogen and oxygen atoms in total. The number of Topliss-reactive ketones (excluding diaryl/α,β-unsaturated/α-hetero) is 1. The Balaban J connectivity index is 1.50. The van der Waals surface area contributed by atoms with Crippen molar-refractivity contribution in [3.05, 3.63) is 47.5 Å². The van der Waals surface area contributed by atoms with Crippen LogP contribution in [-0.2, 0) is 4.74 Å². The maximum Gasteiger partial charge on any atom is 0.229 e. The molecule has 4 rings (SSSR count). The van der Waals surface area contributed by atoms with E-state index in [1.807, 2.05) is 0 Å². The number of hydrogen-bond acceptors (Lipinski definition) is 10. The fourth-order valence-electron chi connectivity index (χ4n) is 3.92. The number of ketones is 1. The van der Waals surface area contributed by atoms with Gasteiger partial charge in [0.25, 0.3) is 0 Å². The van der Waals surface area contributed by atoms with Gasteiger partial charge in [0.2, 0.25) is 6.29 Å². The molecule has 0 amide bonds. The molecule has 33 heavy (non-hydrogen) atoms. The van der Waals surface area contributed by atoms with E-state index in [1.54, 1.807) is 36.4 Å². The van der Waals surface area contributed by atoms with Crippen LogP contribution in [0.4, 0.5) is 0 Å². The van der Waals surface area contributed by atoms with Crippen molar-refractivity contribution in [2.24, 2.45) is 0 Å². The van der Waals surface area contributed by atoms with Crippen molar-refractivity contribution in [2.45, 2.75) is 43.2 Å². The summed E-state index contributed by atoms with van der Waals surface area (Å²) in [4.78, 5) is 12.8. The highest BCUT2D eigenvalue weighted by Gasteiger charge is 2.44. The SMILES string of the molecule is COc1cc(OC)c2c(c1)OC(c1ccc(OC3OC(CO)C(O)C(O)C3O)cc1)CC2=O. The van der Waals surface area contributed by atoms with E-state index in [9.17, 15) is 25.2 Å². The van der Waals surface area contributed by atoms with Gasteiger partial charge in [0, 0.05) is 12.1 Å². The van der Waals surface area contributed by atoms with Gasteiger partial charge in [-0.1, -0.05) is 12.1 Å². The lowest BCUT2D eigenvalue weighted by atomic mass is 9.95. The summed E-state index contributed by atoms with van der Waals surface area (Å²) in [5, 5.41) is 39.2. The smallest absolute Gasteiger partial charge is 0.229 e. The van der Waals surface area contributed by atoms with Crippen LogP contribution in [0.15, 0.2) is 36.4 Å². The van der Waals surface area contributed by atoms with Crippen molar-refractivity contribution in [2.75, 3.05) is 20.8 Å². The van der Waals surface area contributed by atoms with Crippen LogP contribution in [0, 0.1) is 0 Å². The van der Waals surface area contributed by atoms with Crippen molar-refractivity contribution >= 4 is 5.78 Å². The molecule has 0 radical (unpaired) electrons. The summed E-state index contributed by atoms with van der Waals surface area (Å²) in [6, 6.07) is 9.89. The van der Waals surface area contributed by atoms with E-state index in [-0.39, 0.29) is 12.2 Å². The molecule has 6 unspecified atom stereocenters. The molecular weight excluding hydrogens is 436 g/mol. The van der Waals surface area contributed by atoms with E-state index in [2.05, 4.69) is 0 Å². The summed E-state index contributed by atoms with van der Waals surface area (Å²) in [7, 11) is 2.99. The average Bonchev–Trinajstić information content (AvgIpc) is 2.83. The molecule has 0 aromatic heterocycles. The standard InChI is InChI=1S/C23H26O10/c1-29-13-7-16(30-2)19-14(25)9-15(32-17(19)8-13)11-3-5-12(6-4-11)31-23-22(28)21(27)20(26)18(10-24)33-23/h3-8,15,18,20-24,26-28H,9-10H2,1-2H3. The summed E-state index contributed by atoms with van der Waals surface area (Å²) in [5.41, 5.74) is 1.09. The maximum atomic E-state index is 12.8. The van der Waals surface area contributed by atoms with Gasteiger partial charge in [0.1, 0.15) is 59.1 Å². The van der Waals surface area contributed by atoms with Gasteiger partial charge in [-0.25, -0.2) is 0 Å². The first-order valence-corrected chi connectivity index (χ1v) is 10.4. The van der Waals surface area contributed by atoms with Crippen LogP contribution in [0.2, 0.25) is 0 Å². The van der Waals surface area contributed by atoms with Gasteiger partial charge in [-0.05, 0) is 17.7 Å². The van der Waals surface area contributed by atoms with Crippen LogP contribution in [0.1, 0.15) is 28.4 Å². The number of hydrogen-bond donors (Lipinski definition) is 4. The zero-order valence-corrected chi connectivity index (χ0v) is 18.1. The lowest BCUT2D eigenvalue weighted by Gasteiger charge is -2.39. The van der Waals surface area contributed by atoms with Crippen LogP contribution in [0.3, 0.4) is 0 Å². The summed E-state index contributed by atoms with van der Waals surface area (Å²) in [6.07, 6.45) is -7.28. The third-order valence-electron chi connectivity index (χ3n) is 5.77. The number of aliphatic hydroxyl groups is 4. The van der Waals surface area contributed by atoms with E-state index in [1.165, 1.54) is 14.2 Å². The Hall–Kier alpha value is -2.89. The van der Waals surface area contributed by atoms with Crippen LogP contribution >= 0.6 is 0 Å². The van der Waals surface area contributed by atoms with Gasteiger partial charge in [0.15, 0.2) is 5.78 Å². The van der Waals surface area contributed by atoms with Gasteiger partial charge in [-0.15, -0.1) is 0 Å². The molecule has 2 aliphatic rings. The molecule has 1 saturated heterocycles. The number of fused-ring (bicyclic) bond motifs is 1. The van der Waals surface area contributed by atoms with Crippen LogP contribution in [0.25, 0.3) is 0 Å². The summed E-state index contributed by atoms with van der Waals surface area (Å²) >= 11 is 0. The zero-order valence-electron chi connectivity index (χ0n) is 18.1. The molecule has 0 spiro atoms. The Morgan fingerprint density at radius 3 is 2.33 bits per heavy atom. The van der Waals surface area contributed by atoms with Crippen molar-refractivity contribution in [3.8, 4) is 23.0 Å². The zero-order chi connectivity index (χ0) is 23.7. The monoisotopic (exact) mass is 462 g/mol. The molecule has 2 aromatic rings. The molecule has 2 aliphatic heterocycles. The quantitative estimate of drug-likeness (QED) is 0.481. The minimum Gasteiger partial charge on any atom is -0.496 e. The van der Waals surface area contributed by atoms with Gasteiger partial charge in [-0.2, -0.15) is 0 Å². The molecular formula is C23H26O10. The number of aliphatic hydroxyl groups excluding tert-OH is 4. The number of methoxy groups -OCH3 is 2. The Morgan fingerprint density at radius 2 is 1.70 bits per heavy atom. The van der Waals surface area contributed by atoms with E-state index in [0.717, 1.165) is 5.56 Å². The van der Waals surface area contributed by atoms with Gasteiger partial charge < -0.3 is 44.1 Å². The lowest BCUT2D eigenvalue weighted by Crippen LogP contribution is -2.60. The first-order chi connectivity index (χ1) is 15.9. The normalized spacial score (nSPS) is 29.1. The van der Waals surface area contributed by atoms with Crippen molar-refractivity contribution in [3.63, 3.8) is 0 Å². The number of carbonyl (C=O) groups is 1. The molecule has 10 heteroatoms. The third-order valence-corrected chi connectivity index (χ3v) is 5.77. The van der Waals surface area contributed by atoms with E-state index < -0.39 is 43.4 Å². The van der Waals surface area contributed by atoms with Gasteiger partial charge in [0.05, 0.1) is 27.2 Å². The third kappa shape index (κ3) is 4.48. The predicted octanol–water partition coefficient (Wildman–Crippen LogP) is 0.589. The molecule has 0 bridgehead atoms. The fraction of sp³-hybridized carbons (Fsp3) is 0.435. The second kappa shape index (κ2) is 9.54. The molecule has 1 fully saturated rings. The molecule has 0 saturated carbocycles. The lowest BCUT2D eigenvalue weighted by molar-refractivity contribution is -0.277. The Bertz CT molecular complexity index is 989. The largest absolute Gasteiger partial charge is 0.496 e.